The van der Waals surface area contributed by atoms with E-state index in [1.165, 1.54) is 21.9 Å². The van der Waals surface area contributed by atoms with Gasteiger partial charge in [-0.05, 0) is 26.3 Å². The molecule has 0 atom stereocenters. The number of hydrogen-bond donors (Lipinski definition) is 0. The molecule has 2 saturated heterocycles. The number of hydrogen-bond acceptors (Lipinski definition) is 7. The van der Waals surface area contributed by atoms with Crippen LogP contribution in [0.15, 0.2) is 10.9 Å². The minimum absolute atomic E-state index is 0.104. The fraction of sp³-hybridized carbons (Fsp3) is 0.667. The first kappa shape index (κ1) is 18.4. The summed E-state index contributed by atoms with van der Waals surface area (Å²) in [5, 5.41) is 5.25. The summed E-state index contributed by atoms with van der Waals surface area (Å²) < 4.78 is 1.37. The van der Waals surface area contributed by atoms with Crippen molar-refractivity contribution in [2.45, 2.75) is 26.7 Å². The lowest BCUT2D eigenvalue weighted by molar-refractivity contribution is -0.137. The Morgan fingerprint density at radius 1 is 1.19 bits per heavy atom. The maximum absolute atomic E-state index is 12.8. The third kappa shape index (κ3) is 3.70. The minimum Gasteiger partial charge on any atom is -0.347 e. The number of likely N-dealkylation sites (N-methyl/N-ethyl adjacent to an activating group) is 1. The fourth-order valence-corrected chi connectivity index (χ4v) is 4.90. The Hall–Kier alpha value is -2.00. The molecule has 0 saturated carbocycles. The van der Waals surface area contributed by atoms with Gasteiger partial charge in [0.1, 0.15) is 0 Å². The van der Waals surface area contributed by atoms with Gasteiger partial charge in [-0.25, -0.2) is 4.98 Å². The van der Waals surface area contributed by atoms with Gasteiger partial charge in [0, 0.05) is 56.9 Å². The van der Waals surface area contributed by atoms with E-state index >= 15 is 0 Å². The van der Waals surface area contributed by atoms with Gasteiger partial charge in [0.05, 0.1) is 0 Å². The molecule has 1 amide bonds. The highest BCUT2D eigenvalue weighted by atomic mass is 32.1. The number of anilines is 1. The first-order valence-corrected chi connectivity index (χ1v) is 10.5. The Bertz CT molecular complexity index is 878. The zero-order valence-electron chi connectivity index (χ0n) is 15.9. The summed E-state index contributed by atoms with van der Waals surface area (Å²) in [7, 11) is 0. The molecule has 0 spiro atoms. The van der Waals surface area contributed by atoms with Crippen molar-refractivity contribution < 1.29 is 4.79 Å². The molecule has 8 nitrogen and oxygen atoms in total. The number of fused-ring (bicyclic) bond motifs is 1. The van der Waals surface area contributed by atoms with Crippen LogP contribution in [0.1, 0.15) is 25.5 Å². The number of piperidine rings is 1. The van der Waals surface area contributed by atoms with Gasteiger partial charge in [-0.1, -0.05) is 18.3 Å². The second-order valence-corrected chi connectivity index (χ2v) is 8.27. The van der Waals surface area contributed by atoms with E-state index in [2.05, 4.69) is 26.8 Å². The normalized spacial score (nSPS) is 19.8. The number of nitrogens with zero attached hydrogens (tertiary/aromatic N) is 6. The molecule has 9 heteroatoms. The Labute approximate surface area is 162 Å². The monoisotopic (exact) mass is 390 g/mol. The summed E-state index contributed by atoms with van der Waals surface area (Å²) in [6, 6.07) is 1.50. The molecule has 2 aliphatic heterocycles. The molecule has 27 heavy (non-hydrogen) atoms. The van der Waals surface area contributed by atoms with Crippen molar-refractivity contribution >= 4 is 27.3 Å². The Balaban J connectivity index is 1.38. The van der Waals surface area contributed by atoms with E-state index in [0.29, 0.717) is 16.6 Å². The zero-order chi connectivity index (χ0) is 19.0. The lowest BCUT2D eigenvalue weighted by atomic mass is 9.95. The maximum Gasteiger partial charge on any atom is 0.275 e. The number of carbonyl (C=O) groups excluding carboxylic acids is 1. The molecule has 2 aromatic heterocycles. The van der Waals surface area contributed by atoms with Gasteiger partial charge in [-0.3, -0.25) is 9.59 Å². The predicted octanol–water partition coefficient (Wildman–Crippen LogP) is 0.840. The molecular formula is C18H26N6O2S. The SMILES string of the molecule is CCN1CCN(C(=O)C2CCN(c3nn4c(=O)cc(C)nc4s3)CC2)CC1. The average molecular weight is 391 g/mol. The molecule has 2 aromatic rings. The zero-order valence-corrected chi connectivity index (χ0v) is 16.7. The van der Waals surface area contributed by atoms with Crippen molar-refractivity contribution in [2.75, 3.05) is 50.7 Å². The van der Waals surface area contributed by atoms with E-state index in [1.54, 1.807) is 0 Å². The third-order valence-electron chi connectivity index (χ3n) is 5.61. The number of piperazine rings is 1. The quantitative estimate of drug-likeness (QED) is 0.773. The number of amides is 1. The van der Waals surface area contributed by atoms with Crippen LogP contribution in [0.5, 0.6) is 0 Å². The number of carbonyl (C=O) groups is 1. The van der Waals surface area contributed by atoms with Crippen LogP contribution in [0.2, 0.25) is 0 Å². The number of rotatable bonds is 3. The molecule has 2 aliphatic rings. The highest BCUT2D eigenvalue weighted by molar-refractivity contribution is 7.20. The molecule has 0 N–H and O–H groups in total. The van der Waals surface area contributed by atoms with Crippen molar-refractivity contribution in [2.24, 2.45) is 5.92 Å². The minimum atomic E-state index is -0.142. The largest absolute Gasteiger partial charge is 0.347 e. The second-order valence-electron chi connectivity index (χ2n) is 7.34. The predicted molar refractivity (Wildman–Crippen MR) is 106 cm³/mol. The van der Waals surface area contributed by atoms with E-state index in [4.69, 9.17) is 0 Å². The molecule has 0 aromatic carbocycles. The van der Waals surface area contributed by atoms with Gasteiger partial charge < -0.3 is 14.7 Å². The van der Waals surface area contributed by atoms with Crippen molar-refractivity contribution in [1.82, 2.24) is 24.4 Å². The third-order valence-corrected chi connectivity index (χ3v) is 6.58. The van der Waals surface area contributed by atoms with Gasteiger partial charge in [0.25, 0.3) is 5.56 Å². The summed E-state index contributed by atoms with van der Waals surface area (Å²) >= 11 is 1.44. The summed E-state index contributed by atoms with van der Waals surface area (Å²) in [6.07, 6.45) is 1.67. The molecule has 4 rings (SSSR count). The number of aromatic nitrogens is 3. The lowest BCUT2D eigenvalue weighted by Crippen LogP contribution is -2.51. The highest BCUT2D eigenvalue weighted by Crippen LogP contribution is 2.27. The standard InChI is InChI=1S/C18H26N6O2S/c1-3-21-8-10-22(11-9-21)16(26)14-4-6-23(7-5-14)18-20-24-15(25)12-13(2)19-17(24)27-18/h12,14H,3-11H2,1-2H3. The lowest BCUT2D eigenvalue weighted by Gasteiger charge is -2.38. The van der Waals surface area contributed by atoms with Crippen LogP contribution in [-0.2, 0) is 4.79 Å². The van der Waals surface area contributed by atoms with Crippen molar-refractivity contribution in [3.8, 4) is 0 Å². The first-order valence-electron chi connectivity index (χ1n) is 9.68. The van der Waals surface area contributed by atoms with Crippen LogP contribution < -0.4 is 10.5 Å². The summed E-state index contributed by atoms with van der Waals surface area (Å²) in [4.78, 5) is 36.5. The van der Waals surface area contributed by atoms with Gasteiger partial charge >= 0.3 is 0 Å². The topological polar surface area (TPSA) is 74.1 Å². The van der Waals surface area contributed by atoms with Crippen LogP contribution >= 0.6 is 11.3 Å². The first-order chi connectivity index (χ1) is 13.0. The molecule has 0 aliphatic carbocycles. The highest BCUT2D eigenvalue weighted by Gasteiger charge is 2.31. The van der Waals surface area contributed by atoms with E-state index in [-0.39, 0.29) is 11.5 Å². The smallest absolute Gasteiger partial charge is 0.275 e. The van der Waals surface area contributed by atoms with Gasteiger partial charge in [0.2, 0.25) is 16.0 Å². The maximum atomic E-state index is 12.8. The summed E-state index contributed by atoms with van der Waals surface area (Å²) in [5.74, 6) is 0.412. The van der Waals surface area contributed by atoms with Crippen molar-refractivity contribution in [1.29, 1.82) is 0 Å². The van der Waals surface area contributed by atoms with Crippen molar-refractivity contribution in [3.05, 3.63) is 22.1 Å². The van der Waals surface area contributed by atoms with Crippen LogP contribution in [0.25, 0.3) is 4.96 Å². The Morgan fingerprint density at radius 3 is 2.56 bits per heavy atom. The van der Waals surface area contributed by atoms with Crippen LogP contribution in [0.4, 0.5) is 5.13 Å². The van der Waals surface area contributed by atoms with Crippen LogP contribution in [0, 0.1) is 12.8 Å². The fourth-order valence-electron chi connectivity index (χ4n) is 3.90. The average Bonchev–Trinajstić information content (AvgIpc) is 3.12. The van der Waals surface area contributed by atoms with E-state index in [9.17, 15) is 9.59 Å². The molecule has 4 heterocycles. The van der Waals surface area contributed by atoms with E-state index in [1.807, 2.05) is 11.8 Å². The molecule has 0 bridgehead atoms. The van der Waals surface area contributed by atoms with Crippen molar-refractivity contribution in [3.63, 3.8) is 0 Å². The summed E-state index contributed by atoms with van der Waals surface area (Å²) in [5.41, 5.74) is 0.568. The van der Waals surface area contributed by atoms with E-state index < -0.39 is 0 Å². The Morgan fingerprint density at radius 2 is 1.89 bits per heavy atom. The van der Waals surface area contributed by atoms with Gasteiger partial charge in [0.15, 0.2) is 0 Å². The second kappa shape index (κ2) is 7.55. The van der Waals surface area contributed by atoms with Crippen LogP contribution in [-0.4, -0.2) is 76.1 Å². The molecular weight excluding hydrogens is 364 g/mol. The number of aryl methyl sites for hydroxylation is 1. The Kier molecular flexibility index (Phi) is 5.14. The summed E-state index contributed by atoms with van der Waals surface area (Å²) in [6.45, 7) is 10.3. The van der Waals surface area contributed by atoms with E-state index in [0.717, 1.165) is 63.8 Å². The molecule has 2 fully saturated rings. The van der Waals surface area contributed by atoms with Gasteiger partial charge in [-0.2, -0.15) is 4.52 Å². The molecule has 0 radical (unpaired) electrons. The molecule has 0 unspecified atom stereocenters. The molecule has 146 valence electrons. The van der Waals surface area contributed by atoms with Crippen LogP contribution in [0.3, 0.4) is 0 Å². The van der Waals surface area contributed by atoms with Gasteiger partial charge in [-0.15, -0.1) is 5.10 Å².